The van der Waals surface area contributed by atoms with E-state index in [2.05, 4.69) is 6.92 Å². The van der Waals surface area contributed by atoms with Crippen LogP contribution < -0.4 is 0 Å². The van der Waals surface area contributed by atoms with Crippen LogP contribution in [0.3, 0.4) is 0 Å². The Labute approximate surface area is 203 Å². The molecule has 0 heterocycles. The molecule has 0 aromatic carbocycles. The highest BCUT2D eigenvalue weighted by molar-refractivity contribution is 8.38. The molecule has 0 aromatic rings. The minimum Gasteiger partial charge on any atom is -0.461 e. The van der Waals surface area contributed by atoms with Crippen LogP contribution in [0.15, 0.2) is 0 Å². The highest BCUT2D eigenvalue weighted by atomic mass is 32.2. The predicted molar refractivity (Wildman–Crippen MR) is 140 cm³/mol. The Morgan fingerprint density at radius 1 is 0.742 bits per heavy atom. The maximum Gasteiger partial charge on any atom is 0.306 e. The minimum atomic E-state index is -0.203. The zero-order valence-electron chi connectivity index (χ0n) is 20.0. The molecule has 0 aromatic heterocycles. The first-order valence-corrected chi connectivity index (χ1v) is 15.3. The molecule has 182 valence electrons. The van der Waals surface area contributed by atoms with Crippen LogP contribution in [0.5, 0.6) is 0 Å². The van der Waals surface area contributed by atoms with Gasteiger partial charge in [0.1, 0.15) is 11.9 Å². The van der Waals surface area contributed by atoms with E-state index in [0.29, 0.717) is 18.6 Å². The third-order valence-corrected chi connectivity index (χ3v) is 7.83. The molecule has 0 spiro atoms. The van der Waals surface area contributed by atoms with Crippen molar-refractivity contribution in [2.24, 2.45) is 0 Å². The van der Waals surface area contributed by atoms with Gasteiger partial charge in [-0.3, -0.25) is 9.59 Å². The summed E-state index contributed by atoms with van der Waals surface area (Å²) in [7, 11) is 0. The summed E-state index contributed by atoms with van der Waals surface area (Å²) in [5, 5.41) is 0. The van der Waals surface area contributed by atoms with E-state index in [1.54, 1.807) is 18.7 Å². The lowest BCUT2D eigenvalue weighted by Gasteiger charge is -2.16. The smallest absolute Gasteiger partial charge is 0.306 e. The Morgan fingerprint density at radius 2 is 1.32 bits per heavy atom. The summed E-state index contributed by atoms with van der Waals surface area (Å²) in [4.78, 5) is 35.1. The van der Waals surface area contributed by atoms with E-state index in [-0.39, 0.29) is 22.3 Å². The zero-order chi connectivity index (χ0) is 23.2. The quantitative estimate of drug-likeness (QED) is 0.119. The largest absolute Gasteiger partial charge is 0.461 e. The summed E-state index contributed by atoms with van der Waals surface area (Å²) in [5.74, 6) is 2.13. The molecule has 0 saturated carbocycles. The molecule has 0 bridgehead atoms. The van der Waals surface area contributed by atoms with Gasteiger partial charge in [-0.1, -0.05) is 88.2 Å². The first-order valence-electron chi connectivity index (χ1n) is 12.0. The number of unbranched alkanes of at least 4 members (excludes halogenated alkanes) is 10. The van der Waals surface area contributed by atoms with Crippen molar-refractivity contribution in [3.63, 3.8) is 0 Å². The van der Waals surface area contributed by atoms with Gasteiger partial charge >= 0.3 is 5.97 Å². The average Bonchev–Trinajstić information content (AvgIpc) is 2.73. The topological polar surface area (TPSA) is 60.4 Å². The summed E-state index contributed by atoms with van der Waals surface area (Å²) in [6, 6.07) is 0. The Hall–Kier alpha value is -0.140. The van der Waals surface area contributed by atoms with Crippen LogP contribution in [-0.2, 0) is 14.3 Å². The Morgan fingerprint density at radius 3 is 1.94 bits per heavy atom. The van der Waals surface area contributed by atoms with Crippen LogP contribution >= 0.6 is 35.3 Å². The van der Waals surface area contributed by atoms with E-state index < -0.39 is 0 Å². The second-order valence-corrected chi connectivity index (χ2v) is 11.3. The second-order valence-electron chi connectivity index (χ2n) is 8.07. The molecule has 0 rings (SSSR count). The third-order valence-electron chi connectivity index (χ3n) is 4.92. The lowest BCUT2D eigenvalue weighted by atomic mass is 10.1. The molecule has 1 atom stereocenters. The van der Waals surface area contributed by atoms with Crippen molar-refractivity contribution < 1.29 is 19.1 Å². The van der Waals surface area contributed by atoms with Gasteiger partial charge in [-0.25, -0.2) is 0 Å². The second kappa shape index (κ2) is 23.0. The maximum atomic E-state index is 12.1. The molecule has 0 fully saturated rings. The molecule has 0 aliphatic carbocycles. The van der Waals surface area contributed by atoms with Gasteiger partial charge < -0.3 is 9.53 Å². The first-order chi connectivity index (χ1) is 15.0. The van der Waals surface area contributed by atoms with Gasteiger partial charge in [0.15, 0.2) is 0 Å². The van der Waals surface area contributed by atoms with Crippen LogP contribution in [0.1, 0.15) is 104 Å². The van der Waals surface area contributed by atoms with Crippen molar-refractivity contribution in [2.45, 2.75) is 110 Å². The molecule has 0 N–H and O–H groups in total. The number of hydrogen-bond donors (Lipinski definition) is 0. The van der Waals surface area contributed by atoms with Crippen molar-refractivity contribution in [2.75, 3.05) is 23.5 Å². The lowest BCUT2D eigenvalue weighted by Crippen LogP contribution is -2.23. The molecule has 0 amide bonds. The Balaban J connectivity index is 3.80. The van der Waals surface area contributed by atoms with Crippen LogP contribution in [0.25, 0.3) is 0 Å². The average molecular weight is 493 g/mol. The number of ketones is 1. The van der Waals surface area contributed by atoms with Gasteiger partial charge in [0.05, 0.1) is 0 Å². The van der Waals surface area contributed by atoms with Gasteiger partial charge in [-0.05, 0) is 32.4 Å². The van der Waals surface area contributed by atoms with Gasteiger partial charge in [-0.2, -0.15) is 11.8 Å². The number of rotatable bonds is 21. The van der Waals surface area contributed by atoms with E-state index >= 15 is 0 Å². The Kier molecular flexibility index (Phi) is 22.9. The van der Waals surface area contributed by atoms with E-state index in [0.717, 1.165) is 43.6 Å². The van der Waals surface area contributed by atoms with Gasteiger partial charge in [0.2, 0.25) is 4.45 Å². The molecule has 7 heteroatoms. The maximum absolute atomic E-state index is 12.1. The number of hydrogen-bond acceptors (Lipinski definition) is 7. The SMILES string of the molecule is CCCCCCCCCCCC(=O)OC(CSC)CSC(=O)SCCCCCC(C)=O. The molecule has 0 saturated heterocycles. The van der Waals surface area contributed by atoms with E-state index in [4.69, 9.17) is 4.74 Å². The summed E-state index contributed by atoms with van der Waals surface area (Å²) in [6.45, 7) is 3.85. The first kappa shape index (κ1) is 30.9. The molecular weight excluding hydrogens is 448 g/mol. The summed E-state index contributed by atoms with van der Waals surface area (Å²) in [6.07, 6.45) is 16.8. The van der Waals surface area contributed by atoms with Gasteiger partial charge in [-0.15, -0.1) is 0 Å². The molecule has 4 nitrogen and oxygen atoms in total. The van der Waals surface area contributed by atoms with Crippen LogP contribution in [0.4, 0.5) is 4.79 Å². The van der Waals surface area contributed by atoms with Crippen molar-refractivity contribution in [3.8, 4) is 0 Å². The molecular formula is C24H44O4S3. The van der Waals surface area contributed by atoms with Gasteiger partial charge in [0, 0.05) is 30.1 Å². The minimum absolute atomic E-state index is 0.0904. The molecule has 0 radical (unpaired) electrons. The van der Waals surface area contributed by atoms with E-state index in [1.165, 1.54) is 68.5 Å². The van der Waals surface area contributed by atoms with Gasteiger partial charge in [0.25, 0.3) is 0 Å². The number of carbonyl (C=O) groups excluding carboxylic acids is 3. The highest BCUT2D eigenvalue weighted by Gasteiger charge is 2.16. The molecule has 0 aliphatic rings. The lowest BCUT2D eigenvalue weighted by molar-refractivity contribution is -0.147. The van der Waals surface area contributed by atoms with Crippen molar-refractivity contribution in [3.05, 3.63) is 0 Å². The summed E-state index contributed by atoms with van der Waals surface area (Å²) < 4.78 is 5.71. The van der Waals surface area contributed by atoms with E-state index in [1.807, 2.05) is 6.26 Å². The van der Waals surface area contributed by atoms with E-state index in [9.17, 15) is 14.4 Å². The highest BCUT2D eigenvalue weighted by Crippen LogP contribution is 2.21. The molecule has 1 unspecified atom stereocenters. The van der Waals surface area contributed by atoms with Crippen molar-refractivity contribution in [1.29, 1.82) is 0 Å². The fourth-order valence-electron chi connectivity index (χ4n) is 3.14. The normalized spacial score (nSPS) is 12.0. The number of thioether (sulfide) groups is 3. The standard InChI is InChI=1S/C24H44O4S3/c1-4-5-6-7-8-9-10-11-14-17-23(26)28-22(19-29-3)20-31-24(27)30-18-15-12-13-16-21(2)25/h22H,4-20H2,1-3H3. The van der Waals surface area contributed by atoms with Crippen LogP contribution in [-0.4, -0.2) is 45.8 Å². The number of Topliss-reactive ketones (excluding diaryl/α,β-unsaturated/α-hetero) is 1. The summed E-state index contributed by atoms with van der Waals surface area (Å²) in [5.41, 5.74) is 0. The monoisotopic (exact) mass is 492 g/mol. The predicted octanol–water partition coefficient (Wildman–Crippen LogP) is 7.92. The fourth-order valence-corrected chi connectivity index (χ4v) is 5.66. The molecule has 31 heavy (non-hydrogen) atoms. The summed E-state index contributed by atoms with van der Waals surface area (Å²) >= 11 is 4.23. The number of ether oxygens (including phenoxy) is 1. The fraction of sp³-hybridized carbons (Fsp3) is 0.875. The molecule has 0 aliphatic heterocycles. The number of esters is 1. The van der Waals surface area contributed by atoms with Crippen LogP contribution in [0, 0.1) is 0 Å². The zero-order valence-corrected chi connectivity index (χ0v) is 22.4. The Bertz CT molecular complexity index is 472. The van der Waals surface area contributed by atoms with Crippen molar-refractivity contribution >= 4 is 51.5 Å². The number of carbonyl (C=O) groups is 3. The van der Waals surface area contributed by atoms with Crippen LogP contribution in [0.2, 0.25) is 0 Å². The van der Waals surface area contributed by atoms with Crippen molar-refractivity contribution in [1.82, 2.24) is 0 Å². The third kappa shape index (κ3) is 22.8.